The Morgan fingerprint density at radius 1 is 1.00 bits per heavy atom. The molecule has 0 aliphatic heterocycles. The molecule has 10 heteroatoms. The number of nitrogens with zero attached hydrogens (tertiary/aromatic N) is 2. The highest BCUT2D eigenvalue weighted by Crippen LogP contribution is 2.31. The number of thiophene rings is 1. The maximum absolute atomic E-state index is 14.8. The Kier molecular flexibility index (Phi) is 5.65. The van der Waals surface area contributed by atoms with Gasteiger partial charge in [0.1, 0.15) is 17.5 Å². The number of carbonyl (C=O) groups is 1. The number of fused-ring (bicyclic) bond motifs is 2. The number of halogens is 2. The van der Waals surface area contributed by atoms with Crippen LogP contribution in [0.5, 0.6) is 0 Å². The third kappa shape index (κ3) is 4.08. The SMILES string of the molecule is CNc1cc2c(cn1)cc(-c1cc(NC(=O)Nc3csc4ccccc34)c(F)cc1F)c(=O)n2C. The van der Waals surface area contributed by atoms with Gasteiger partial charge in [-0.2, -0.15) is 0 Å². The van der Waals surface area contributed by atoms with Crippen LogP contribution in [0.3, 0.4) is 0 Å². The van der Waals surface area contributed by atoms with Crippen LogP contribution in [-0.2, 0) is 7.05 Å². The summed E-state index contributed by atoms with van der Waals surface area (Å²) < 4.78 is 31.8. The number of urea groups is 1. The lowest BCUT2D eigenvalue weighted by molar-refractivity contribution is 0.262. The average molecular weight is 492 g/mol. The maximum Gasteiger partial charge on any atom is 0.323 e. The fourth-order valence-electron chi connectivity index (χ4n) is 3.90. The van der Waals surface area contributed by atoms with Crippen molar-refractivity contribution in [3.8, 4) is 11.1 Å². The number of pyridine rings is 2. The summed E-state index contributed by atoms with van der Waals surface area (Å²) >= 11 is 1.46. The number of amides is 2. The van der Waals surface area contributed by atoms with E-state index >= 15 is 0 Å². The molecule has 3 heterocycles. The zero-order valence-electron chi connectivity index (χ0n) is 18.6. The van der Waals surface area contributed by atoms with Gasteiger partial charge in [0.25, 0.3) is 5.56 Å². The monoisotopic (exact) mass is 491 g/mol. The smallest absolute Gasteiger partial charge is 0.323 e. The van der Waals surface area contributed by atoms with Crippen LogP contribution in [0.4, 0.5) is 30.8 Å². The molecule has 35 heavy (non-hydrogen) atoms. The topological polar surface area (TPSA) is 88.1 Å². The van der Waals surface area contributed by atoms with E-state index in [1.165, 1.54) is 22.0 Å². The van der Waals surface area contributed by atoms with Crippen LogP contribution in [0.25, 0.3) is 32.1 Å². The van der Waals surface area contributed by atoms with Crippen molar-refractivity contribution in [3.05, 3.63) is 82.1 Å². The molecule has 3 N–H and O–H groups in total. The van der Waals surface area contributed by atoms with Gasteiger partial charge in [0.2, 0.25) is 0 Å². The number of nitrogens with one attached hydrogen (secondary N) is 3. The van der Waals surface area contributed by atoms with Crippen molar-refractivity contribution in [1.29, 1.82) is 0 Å². The van der Waals surface area contributed by atoms with Gasteiger partial charge in [0, 0.05) is 58.8 Å². The molecule has 0 fully saturated rings. The van der Waals surface area contributed by atoms with Gasteiger partial charge < -0.3 is 20.5 Å². The first-order valence-electron chi connectivity index (χ1n) is 10.6. The molecule has 0 bridgehead atoms. The Morgan fingerprint density at radius 2 is 1.77 bits per heavy atom. The van der Waals surface area contributed by atoms with Crippen molar-refractivity contribution in [2.24, 2.45) is 7.05 Å². The van der Waals surface area contributed by atoms with E-state index in [4.69, 9.17) is 0 Å². The van der Waals surface area contributed by atoms with Crippen LogP contribution < -0.4 is 21.5 Å². The molecule has 0 radical (unpaired) electrons. The Labute approximate surface area is 202 Å². The van der Waals surface area contributed by atoms with E-state index in [0.29, 0.717) is 28.5 Å². The van der Waals surface area contributed by atoms with Crippen molar-refractivity contribution in [1.82, 2.24) is 9.55 Å². The quantitative estimate of drug-likeness (QED) is 0.297. The van der Waals surface area contributed by atoms with Crippen molar-refractivity contribution < 1.29 is 13.6 Å². The highest BCUT2D eigenvalue weighted by Gasteiger charge is 2.18. The lowest BCUT2D eigenvalue weighted by atomic mass is 10.0. The number of aryl methyl sites for hydroxylation is 1. The van der Waals surface area contributed by atoms with Crippen LogP contribution in [0.2, 0.25) is 0 Å². The van der Waals surface area contributed by atoms with Crippen LogP contribution in [0, 0.1) is 11.6 Å². The van der Waals surface area contributed by atoms with Crippen LogP contribution in [-0.4, -0.2) is 22.6 Å². The van der Waals surface area contributed by atoms with Gasteiger partial charge in [-0.25, -0.2) is 18.6 Å². The van der Waals surface area contributed by atoms with Gasteiger partial charge in [0.05, 0.1) is 22.5 Å². The van der Waals surface area contributed by atoms with E-state index in [1.807, 2.05) is 24.3 Å². The van der Waals surface area contributed by atoms with E-state index in [2.05, 4.69) is 20.9 Å². The van der Waals surface area contributed by atoms with E-state index in [1.54, 1.807) is 31.7 Å². The molecule has 0 spiro atoms. The second-order valence-electron chi connectivity index (χ2n) is 7.84. The van der Waals surface area contributed by atoms with Crippen molar-refractivity contribution in [3.63, 3.8) is 0 Å². The van der Waals surface area contributed by atoms with Gasteiger partial charge in [-0.1, -0.05) is 18.2 Å². The summed E-state index contributed by atoms with van der Waals surface area (Å²) in [4.78, 5) is 29.9. The summed E-state index contributed by atoms with van der Waals surface area (Å²) in [6, 6.07) is 11.8. The molecule has 5 aromatic rings. The van der Waals surface area contributed by atoms with Gasteiger partial charge in [-0.3, -0.25) is 4.79 Å². The van der Waals surface area contributed by atoms with Crippen LogP contribution in [0.15, 0.2) is 64.9 Å². The molecular weight excluding hydrogens is 472 g/mol. The van der Waals surface area contributed by atoms with Crippen LogP contribution >= 0.6 is 11.3 Å². The summed E-state index contributed by atoms with van der Waals surface area (Å²) in [5, 5.41) is 11.2. The molecule has 2 amide bonds. The lowest BCUT2D eigenvalue weighted by Crippen LogP contribution is -2.21. The Morgan fingerprint density at radius 3 is 2.57 bits per heavy atom. The van der Waals surface area contributed by atoms with Crippen molar-refractivity contribution >= 4 is 55.5 Å². The zero-order chi connectivity index (χ0) is 24.7. The summed E-state index contributed by atoms with van der Waals surface area (Å²) in [5.74, 6) is -1.31. The Hall–Kier alpha value is -4.31. The van der Waals surface area contributed by atoms with Crippen LogP contribution in [0.1, 0.15) is 0 Å². The van der Waals surface area contributed by atoms with Gasteiger partial charge in [-0.05, 0) is 18.2 Å². The van der Waals surface area contributed by atoms with E-state index < -0.39 is 23.2 Å². The molecular formula is C25H19F2N5O2S. The summed E-state index contributed by atoms with van der Waals surface area (Å²) in [6.45, 7) is 0. The Balaban J connectivity index is 1.51. The minimum atomic E-state index is -0.963. The first kappa shape index (κ1) is 22.5. The molecule has 176 valence electrons. The fraction of sp³-hybridized carbons (Fsp3) is 0.0800. The molecule has 0 aliphatic rings. The highest BCUT2D eigenvalue weighted by atomic mass is 32.1. The predicted octanol–water partition coefficient (Wildman–Crippen LogP) is 5.78. The lowest BCUT2D eigenvalue weighted by Gasteiger charge is -2.13. The fourth-order valence-corrected chi connectivity index (χ4v) is 4.79. The molecule has 0 unspecified atom stereocenters. The number of carbonyl (C=O) groups excluding carboxylic acids is 1. The molecule has 7 nitrogen and oxygen atoms in total. The van der Waals surface area contributed by atoms with E-state index in [-0.39, 0.29) is 16.8 Å². The predicted molar refractivity (Wildman–Crippen MR) is 136 cm³/mol. The summed E-state index contributed by atoms with van der Waals surface area (Å²) in [7, 11) is 3.27. The normalized spacial score (nSPS) is 11.1. The van der Waals surface area contributed by atoms with E-state index in [9.17, 15) is 18.4 Å². The minimum absolute atomic E-state index is 0.0174. The highest BCUT2D eigenvalue weighted by molar-refractivity contribution is 7.17. The number of aromatic nitrogens is 2. The third-order valence-electron chi connectivity index (χ3n) is 5.69. The molecule has 5 rings (SSSR count). The number of anilines is 3. The van der Waals surface area contributed by atoms with Gasteiger partial charge in [-0.15, -0.1) is 11.3 Å². The molecule has 3 aromatic heterocycles. The third-order valence-corrected chi connectivity index (χ3v) is 6.65. The van der Waals surface area contributed by atoms with E-state index in [0.717, 1.165) is 16.2 Å². The number of benzene rings is 2. The minimum Gasteiger partial charge on any atom is -0.373 e. The standard InChI is InChI=1S/C25H19F2N5O2S/c1-28-23-10-21-13(11-29-23)7-16(24(33)32(21)2)15-8-19(18(27)9-17(15)26)30-25(34)31-20-12-35-22-6-4-3-5-14(20)22/h3-12H,1-2H3,(H,28,29)(H2,30,31,34). The molecule has 0 saturated carbocycles. The molecule has 0 atom stereocenters. The molecule has 2 aromatic carbocycles. The number of hydrogen-bond donors (Lipinski definition) is 3. The van der Waals surface area contributed by atoms with Crippen molar-refractivity contribution in [2.45, 2.75) is 0 Å². The second kappa shape index (κ2) is 8.80. The van der Waals surface area contributed by atoms with Gasteiger partial charge in [0.15, 0.2) is 0 Å². The summed E-state index contributed by atoms with van der Waals surface area (Å²) in [5.41, 5.74) is 0.316. The number of hydrogen-bond acceptors (Lipinski definition) is 5. The first-order chi connectivity index (χ1) is 16.9. The molecule has 0 aliphatic carbocycles. The zero-order valence-corrected chi connectivity index (χ0v) is 19.5. The Bertz CT molecular complexity index is 1680. The molecule has 0 saturated heterocycles. The second-order valence-corrected chi connectivity index (χ2v) is 8.75. The first-order valence-corrected chi connectivity index (χ1v) is 11.4. The van der Waals surface area contributed by atoms with Crippen molar-refractivity contribution in [2.75, 3.05) is 23.0 Å². The largest absolute Gasteiger partial charge is 0.373 e. The summed E-state index contributed by atoms with van der Waals surface area (Å²) in [6.07, 6.45) is 1.56. The number of rotatable bonds is 4. The average Bonchev–Trinajstić information content (AvgIpc) is 3.25. The maximum atomic E-state index is 14.8. The van der Waals surface area contributed by atoms with Gasteiger partial charge >= 0.3 is 6.03 Å².